The predicted octanol–water partition coefficient (Wildman–Crippen LogP) is -0.467. The summed E-state index contributed by atoms with van der Waals surface area (Å²) in [6.45, 7) is 0.773. The molecule has 0 unspecified atom stereocenters. The van der Waals surface area contributed by atoms with E-state index >= 15 is 0 Å². The molecule has 0 aromatic rings. The van der Waals surface area contributed by atoms with Gasteiger partial charge in [0.25, 0.3) is 0 Å². The molecule has 0 rings (SSSR count). The van der Waals surface area contributed by atoms with Crippen molar-refractivity contribution in [3.63, 3.8) is 0 Å². The maximum atomic E-state index is 10.5. The molecule has 0 bridgehead atoms. The van der Waals surface area contributed by atoms with Gasteiger partial charge in [0, 0.05) is 6.42 Å². The fraction of sp³-hybridized carbons (Fsp3) is 0.786. The van der Waals surface area contributed by atoms with E-state index < -0.39 is 17.5 Å². The number of carbonyl (C=O) groups excluding carboxylic acids is 1. The molecule has 0 aliphatic carbocycles. The van der Waals surface area contributed by atoms with Crippen LogP contribution in [-0.2, 0) is 28.6 Å². The van der Waals surface area contributed by atoms with Crippen LogP contribution in [0.4, 0.5) is 0 Å². The van der Waals surface area contributed by atoms with Crippen LogP contribution in [0.1, 0.15) is 19.3 Å². The molecule has 0 aromatic carbocycles. The zero-order valence-corrected chi connectivity index (χ0v) is 13.3. The zero-order chi connectivity index (χ0) is 17.6. The minimum absolute atomic E-state index is 0.0439. The van der Waals surface area contributed by atoms with Crippen LogP contribution in [0.15, 0.2) is 0 Å². The van der Waals surface area contributed by atoms with Crippen molar-refractivity contribution in [3.8, 4) is 0 Å². The molecule has 0 atom stereocenters. The van der Waals surface area contributed by atoms with Crippen molar-refractivity contribution in [2.24, 2.45) is 0 Å². The first-order valence-electron chi connectivity index (χ1n) is 7.25. The van der Waals surface area contributed by atoms with Gasteiger partial charge in [0.15, 0.2) is 0 Å². The summed E-state index contributed by atoms with van der Waals surface area (Å²) in [5.74, 6) is -1.92. The highest BCUT2D eigenvalue weighted by atomic mass is 16.5. The van der Waals surface area contributed by atoms with E-state index in [1.54, 1.807) is 7.05 Å². The average molecular weight is 335 g/mol. The number of carboxylic acid groups (broad SMARTS) is 2. The van der Waals surface area contributed by atoms with Gasteiger partial charge in [-0.2, -0.15) is 0 Å². The third-order valence-corrected chi connectivity index (χ3v) is 2.97. The molecule has 23 heavy (non-hydrogen) atoms. The summed E-state index contributed by atoms with van der Waals surface area (Å²) in [6.07, 6.45) is 0.768. The number of likely N-dealkylation sites (N-methyl/N-ethyl adjacent to an activating group) is 1. The van der Waals surface area contributed by atoms with Crippen molar-refractivity contribution in [2.45, 2.75) is 24.8 Å². The number of carbonyl (C=O) groups is 3. The summed E-state index contributed by atoms with van der Waals surface area (Å²) >= 11 is 0. The van der Waals surface area contributed by atoms with Crippen molar-refractivity contribution in [3.05, 3.63) is 0 Å². The second kappa shape index (κ2) is 12.9. The van der Waals surface area contributed by atoms with E-state index in [4.69, 9.17) is 24.4 Å². The maximum Gasteiger partial charge on any atom is 0.305 e. The Morgan fingerprint density at radius 3 is 1.74 bits per heavy atom. The van der Waals surface area contributed by atoms with Gasteiger partial charge in [-0.3, -0.25) is 9.59 Å². The fourth-order valence-electron chi connectivity index (χ4n) is 1.59. The van der Waals surface area contributed by atoms with Gasteiger partial charge in [0.1, 0.15) is 6.29 Å². The van der Waals surface area contributed by atoms with Crippen LogP contribution in [-0.4, -0.2) is 80.7 Å². The molecule has 0 amide bonds. The lowest BCUT2D eigenvalue weighted by Crippen LogP contribution is -2.55. The Morgan fingerprint density at radius 2 is 1.39 bits per heavy atom. The monoisotopic (exact) mass is 335 g/mol. The van der Waals surface area contributed by atoms with Gasteiger partial charge in [0.2, 0.25) is 0 Å². The van der Waals surface area contributed by atoms with Gasteiger partial charge in [-0.05, 0) is 7.05 Å². The zero-order valence-electron chi connectivity index (χ0n) is 13.3. The highest BCUT2D eigenvalue weighted by Gasteiger charge is 2.30. The molecule has 3 N–H and O–H groups in total. The van der Waals surface area contributed by atoms with Gasteiger partial charge in [-0.15, -0.1) is 0 Å². The van der Waals surface area contributed by atoms with Crippen molar-refractivity contribution in [1.82, 2.24) is 5.32 Å². The minimum Gasteiger partial charge on any atom is -0.481 e. The van der Waals surface area contributed by atoms with Crippen LogP contribution in [0.25, 0.3) is 0 Å². The molecule has 0 aliphatic heterocycles. The highest BCUT2D eigenvalue weighted by Crippen LogP contribution is 2.09. The first kappa shape index (κ1) is 21.4. The van der Waals surface area contributed by atoms with E-state index in [1.165, 1.54) is 0 Å². The molecule has 134 valence electrons. The number of rotatable bonds is 16. The Labute approximate surface area is 134 Å². The quantitative estimate of drug-likeness (QED) is 0.253. The molecule has 0 saturated heterocycles. The van der Waals surface area contributed by atoms with Gasteiger partial charge in [-0.1, -0.05) is 0 Å². The van der Waals surface area contributed by atoms with Crippen LogP contribution in [0.2, 0.25) is 0 Å². The maximum absolute atomic E-state index is 10.5. The van der Waals surface area contributed by atoms with Gasteiger partial charge in [-0.25, -0.2) is 0 Å². The van der Waals surface area contributed by atoms with Crippen molar-refractivity contribution in [1.29, 1.82) is 0 Å². The van der Waals surface area contributed by atoms with Gasteiger partial charge >= 0.3 is 11.9 Å². The number of ether oxygens (including phenoxy) is 3. The number of hydrogen-bond acceptors (Lipinski definition) is 7. The summed E-state index contributed by atoms with van der Waals surface area (Å²) < 4.78 is 16.1. The summed E-state index contributed by atoms with van der Waals surface area (Å²) in [4.78, 5) is 31.2. The number of aliphatic carboxylic acids is 2. The number of aldehydes is 1. The van der Waals surface area contributed by atoms with Crippen LogP contribution in [0.5, 0.6) is 0 Å². The molecule has 0 saturated carbocycles. The molecule has 9 nitrogen and oxygen atoms in total. The normalized spacial score (nSPS) is 11.3. The summed E-state index contributed by atoms with van der Waals surface area (Å²) in [6, 6.07) is 0. The number of carboxylic acids is 2. The second-order valence-electron chi connectivity index (χ2n) is 4.93. The molecule has 0 radical (unpaired) electrons. The molecule has 0 heterocycles. The lowest BCUT2D eigenvalue weighted by molar-refractivity contribution is -0.139. The first-order chi connectivity index (χ1) is 11.0. The number of nitrogens with one attached hydrogen (secondary N) is 1. The molecule has 0 aromatic heterocycles. The third kappa shape index (κ3) is 11.6. The summed E-state index contributed by atoms with van der Waals surface area (Å²) in [5, 5.41) is 20.2. The number of hydrogen-bond donors (Lipinski definition) is 3. The van der Waals surface area contributed by atoms with E-state index in [1.807, 2.05) is 0 Å². The molecule has 0 spiro atoms. The SMILES string of the molecule is CNC(COCCC=O)(COCCC(=O)O)COCCC(=O)O. The van der Waals surface area contributed by atoms with Crippen molar-refractivity contribution in [2.75, 3.05) is 46.7 Å². The molecular formula is C14H25NO8. The molecule has 0 fully saturated rings. The molecular weight excluding hydrogens is 310 g/mol. The van der Waals surface area contributed by atoms with Gasteiger partial charge in [0.05, 0.1) is 58.0 Å². The Morgan fingerprint density at radius 1 is 0.957 bits per heavy atom. The van der Waals surface area contributed by atoms with E-state index in [-0.39, 0.29) is 58.9 Å². The van der Waals surface area contributed by atoms with E-state index in [9.17, 15) is 14.4 Å². The van der Waals surface area contributed by atoms with Crippen LogP contribution in [0.3, 0.4) is 0 Å². The summed E-state index contributed by atoms with van der Waals surface area (Å²) in [5.41, 5.74) is -0.750. The largest absolute Gasteiger partial charge is 0.481 e. The lowest BCUT2D eigenvalue weighted by Gasteiger charge is -2.32. The Bertz CT molecular complexity index is 339. The Balaban J connectivity index is 4.40. The molecule has 0 aliphatic rings. The van der Waals surface area contributed by atoms with Crippen molar-refractivity contribution < 1.29 is 38.8 Å². The van der Waals surface area contributed by atoms with E-state index in [0.717, 1.165) is 6.29 Å². The second-order valence-corrected chi connectivity index (χ2v) is 4.93. The summed E-state index contributed by atoms with van der Waals surface area (Å²) in [7, 11) is 1.67. The van der Waals surface area contributed by atoms with Crippen molar-refractivity contribution >= 4 is 18.2 Å². The average Bonchev–Trinajstić information content (AvgIpc) is 2.51. The predicted molar refractivity (Wildman–Crippen MR) is 79.4 cm³/mol. The topological polar surface area (TPSA) is 131 Å². The van der Waals surface area contributed by atoms with E-state index in [0.29, 0.717) is 0 Å². The van der Waals surface area contributed by atoms with Crippen LogP contribution in [0, 0.1) is 0 Å². The smallest absolute Gasteiger partial charge is 0.305 e. The fourth-order valence-corrected chi connectivity index (χ4v) is 1.59. The Hall–Kier alpha value is -1.55. The highest BCUT2D eigenvalue weighted by molar-refractivity contribution is 5.67. The van der Waals surface area contributed by atoms with Gasteiger partial charge < -0.3 is 34.5 Å². The third-order valence-electron chi connectivity index (χ3n) is 2.97. The minimum atomic E-state index is -0.958. The Kier molecular flexibility index (Phi) is 12.1. The molecule has 9 heteroatoms. The standard InChI is InChI=1S/C14H25NO8/c1-15-14(9-21-6-2-5-16,10-22-7-3-12(17)18)11-23-8-4-13(19)20/h5,15H,2-4,6-11H2,1H3,(H,17,18)(H,19,20). The van der Waals surface area contributed by atoms with E-state index in [2.05, 4.69) is 5.32 Å². The van der Waals surface area contributed by atoms with Crippen LogP contribution < -0.4 is 5.32 Å². The lowest BCUT2D eigenvalue weighted by atomic mass is 10.0. The first-order valence-corrected chi connectivity index (χ1v) is 7.25. The van der Waals surface area contributed by atoms with Crippen LogP contribution >= 0.6 is 0 Å².